The highest BCUT2D eigenvalue weighted by molar-refractivity contribution is 7.90. The summed E-state index contributed by atoms with van der Waals surface area (Å²) in [5, 5.41) is 0. The maximum atomic E-state index is 13.6. The van der Waals surface area contributed by atoms with E-state index in [0.717, 1.165) is 17.5 Å². The van der Waals surface area contributed by atoms with Crippen LogP contribution in [-0.2, 0) is 16.4 Å². The van der Waals surface area contributed by atoms with Crippen molar-refractivity contribution in [2.24, 2.45) is 0 Å². The first-order chi connectivity index (χ1) is 16.8. The Bertz CT molecular complexity index is 1510. The van der Waals surface area contributed by atoms with Crippen LogP contribution in [-0.4, -0.2) is 53.2 Å². The molecule has 0 fully saturated rings. The molecule has 3 heterocycles. The highest BCUT2D eigenvalue weighted by Gasteiger charge is 2.27. The summed E-state index contributed by atoms with van der Waals surface area (Å²) in [6.07, 6.45) is 2.86. The maximum Gasteiger partial charge on any atom is 0.329 e. The predicted molar refractivity (Wildman–Crippen MR) is 135 cm³/mol. The third-order valence-corrected chi connectivity index (χ3v) is 6.62. The zero-order valence-corrected chi connectivity index (χ0v) is 20.9. The normalized spacial score (nSPS) is 12.6. The predicted octanol–water partition coefficient (Wildman–Crippen LogP) is 3.32. The Labute approximate surface area is 203 Å². The van der Waals surface area contributed by atoms with Gasteiger partial charge in [-0.25, -0.2) is 18.2 Å². The number of aromatic nitrogens is 4. The quantitative estimate of drug-likeness (QED) is 0.350. The standard InChI is InChI=1S/C25H28N4O5S/c1-5-28-21-15-17(18-9-7-8-14-26-18)10-12-20(21)29(25(28)30)22(16-35(4,31)32)19-11-13-23(33-3)24(27-19)34-6-2/h7-15,22H,5-6,16H2,1-4H3/t22-/m1/s1. The van der Waals surface area contributed by atoms with E-state index in [1.807, 2.05) is 50.2 Å². The van der Waals surface area contributed by atoms with E-state index in [0.29, 0.717) is 35.6 Å². The van der Waals surface area contributed by atoms with E-state index >= 15 is 0 Å². The van der Waals surface area contributed by atoms with E-state index in [1.165, 1.54) is 11.7 Å². The number of sulfone groups is 1. The van der Waals surface area contributed by atoms with Crippen molar-refractivity contribution >= 4 is 20.9 Å². The number of imidazole rings is 1. The third kappa shape index (κ3) is 4.93. The molecular formula is C25H28N4O5S. The summed E-state index contributed by atoms with van der Waals surface area (Å²) in [6.45, 7) is 4.47. The smallest absolute Gasteiger partial charge is 0.329 e. The average Bonchev–Trinajstić information content (AvgIpc) is 3.12. The van der Waals surface area contributed by atoms with Gasteiger partial charge >= 0.3 is 5.69 Å². The number of fused-ring (bicyclic) bond motifs is 1. The van der Waals surface area contributed by atoms with Crippen LogP contribution >= 0.6 is 0 Å². The molecule has 0 bridgehead atoms. The number of pyridine rings is 2. The van der Waals surface area contributed by atoms with Crippen molar-refractivity contribution in [3.8, 4) is 22.9 Å². The minimum Gasteiger partial charge on any atom is -0.491 e. The molecule has 4 aromatic rings. The molecule has 1 atom stereocenters. The first-order valence-corrected chi connectivity index (χ1v) is 13.3. The zero-order chi connectivity index (χ0) is 25.2. The Morgan fingerprint density at radius 1 is 1.06 bits per heavy atom. The van der Waals surface area contributed by atoms with Gasteiger partial charge in [-0.2, -0.15) is 0 Å². The molecule has 0 aliphatic rings. The molecule has 1 aromatic carbocycles. The second-order valence-corrected chi connectivity index (χ2v) is 10.3. The summed E-state index contributed by atoms with van der Waals surface area (Å²) in [5.74, 6) is 0.371. The lowest BCUT2D eigenvalue weighted by Crippen LogP contribution is -2.32. The SMILES string of the molecule is CCOc1nc([C@@H](CS(C)(=O)=O)n2c(=O)n(CC)c3cc(-c4ccccn4)ccc32)ccc1OC. The van der Waals surface area contributed by atoms with Gasteiger partial charge in [0.1, 0.15) is 9.84 Å². The molecule has 9 nitrogen and oxygen atoms in total. The van der Waals surface area contributed by atoms with Gasteiger partial charge in [0.25, 0.3) is 5.88 Å². The van der Waals surface area contributed by atoms with Crippen LogP contribution < -0.4 is 15.2 Å². The van der Waals surface area contributed by atoms with Gasteiger partial charge in [0.05, 0.1) is 47.9 Å². The first kappa shape index (κ1) is 24.5. The fourth-order valence-corrected chi connectivity index (χ4v) is 5.07. The van der Waals surface area contributed by atoms with E-state index in [1.54, 1.807) is 22.9 Å². The number of aryl methyl sites for hydroxylation is 1. The van der Waals surface area contributed by atoms with Crippen molar-refractivity contribution in [3.05, 3.63) is 70.9 Å². The van der Waals surface area contributed by atoms with Gasteiger partial charge in [-0.05, 0) is 50.2 Å². The Morgan fingerprint density at radius 2 is 1.86 bits per heavy atom. The van der Waals surface area contributed by atoms with Gasteiger partial charge < -0.3 is 9.47 Å². The lowest BCUT2D eigenvalue weighted by molar-refractivity contribution is 0.296. The number of rotatable bonds is 9. The van der Waals surface area contributed by atoms with Gasteiger partial charge in [-0.15, -0.1) is 0 Å². The molecule has 10 heteroatoms. The number of methoxy groups -OCH3 is 1. The Morgan fingerprint density at radius 3 is 2.49 bits per heavy atom. The largest absolute Gasteiger partial charge is 0.491 e. The molecule has 0 aliphatic heterocycles. The fraction of sp³-hybridized carbons (Fsp3) is 0.320. The van der Waals surface area contributed by atoms with Gasteiger partial charge in [0, 0.05) is 24.6 Å². The van der Waals surface area contributed by atoms with Crippen LogP contribution in [0.3, 0.4) is 0 Å². The molecule has 4 rings (SSSR count). The molecule has 0 saturated heterocycles. The topological polar surface area (TPSA) is 105 Å². The Balaban J connectivity index is 1.96. The summed E-state index contributed by atoms with van der Waals surface area (Å²) >= 11 is 0. The van der Waals surface area contributed by atoms with Crippen molar-refractivity contribution in [2.75, 3.05) is 25.7 Å². The number of hydrogen-bond donors (Lipinski definition) is 0. The van der Waals surface area contributed by atoms with Gasteiger partial charge in [0.2, 0.25) is 0 Å². The average molecular weight is 497 g/mol. The third-order valence-electron chi connectivity index (χ3n) is 5.70. The highest BCUT2D eigenvalue weighted by Crippen LogP contribution is 2.31. The van der Waals surface area contributed by atoms with Crippen LogP contribution in [0.15, 0.2) is 59.5 Å². The first-order valence-electron chi connectivity index (χ1n) is 11.3. The van der Waals surface area contributed by atoms with Crippen LogP contribution in [0.4, 0.5) is 0 Å². The molecule has 0 radical (unpaired) electrons. The van der Waals surface area contributed by atoms with E-state index in [2.05, 4.69) is 9.97 Å². The van der Waals surface area contributed by atoms with Crippen molar-refractivity contribution in [2.45, 2.75) is 26.4 Å². The molecule has 0 aliphatic carbocycles. The van der Waals surface area contributed by atoms with Crippen molar-refractivity contribution in [1.29, 1.82) is 0 Å². The van der Waals surface area contributed by atoms with Gasteiger partial charge in [0.15, 0.2) is 5.75 Å². The molecule has 0 saturated carbocycles. The van der Waals surface area contributed by atoms with Crippen molar-refractivity contribution in [3.63, 3.8) is 0 Å². The molecule has 35 heavy (non-hydrogen) atoms. The second-order valence-electron chi connectivity index (χ2n) is 8.10. The summed E-state index contributed by atoms with van der Waals surface area (Å²) in [6, 6.07) is 13.7. The van der Waals surface area contributed by atoms with Crippen LogP contribution in [0.2, 0.25) is 0 Å². The number of benzene rings is 1. The zero-order valence-electron chi connectivity index (χ0n) is 20.1. The minimum absolute atomic E-state index is 0.246. The maximum absolute atomic E-state index is 13.6. The molecule has 184 valence electrons. The molecule has 0 unspecified atom stereocenters. The summed E-state index contributed by atoms with van der Waals surface area (Å²) in [7, 11) is -1.98. The van der Waals surface area contributed by atoms with E-state index in [-0.39, 0.29) is 17.3 Å². The number of hydrogen-bond acceptors (Lipinski definition) is 7. The monoisotopic (exact) mass is 496 g/mol. The van der Waals surface area contributed by atoms with Gasteiger partial charge in [-0.1, -0.05) is 12.1 Å². The number of nitrogens with zero attached hydrogens (tertiary/aromatic N) is 4. The lowest BCUT2D eigenvalue weighted by atomic mass is 10.1. The van der Waals surface area contributed by atoms with Crippen LogP contribution in [0, 0.1) is 0 Å². The summed E-state index contributed by atoms with van der Waals surface area (Å²) in [5.41, 5.74) is 3.02. The van der Waals surface area contributed by atoms with Crippen LogP contribution in [0.5, 0.6) is 11.6 Å². The number of ether oxygens (including phenoxy) is 2. The highest BCUT2D eigenvalue weighted by atomic mass is 32.2. The van der Waals surface area contributed by atoms with Crippen molar-refractivity contribution in [1.82, 2.24) is 19.1 Å². The van der Waals surface area contributed by atoms with Crippen LogP contribution in [0.25, 0.3) is 22.3 Å². The molecule has 0 N–H and O–H groups in total. The molecular weight excluding hydrogens is 468 g/mol. The minimum atomic E-state index is -3.49. The molecule has 3 aromatic heterocycles. The van der Waals surface area contributed by atoms with E-state index < -0.39 is 15.9 Å². The van der Waals surface area contributed by atoms with Gasteiger partial charge in [-0.3, -0.25) is 14.1 Å². The lowest BCUT2D eigenvalue weighted by Gasteiger charge is -2.19. The molecule has 0 amide bonds. The fourth-order valence-electron chi connectivity index (χ4n) is 4.18. The Kier molecular flexibility index (Phi) is 6.93. The Hall–Kier alpha value is -3.66. The summed E-state index contributed by atoms with van der Waals surface area (Å²) < 4.78 is 39.0. The van der Waals surface area contributed by atoms with E-state index in [4.69, 9.17) is 9.47 Å². The summed E-state index contributed by atoms with van der Waals surface area (Å²) in [4.78, 5) is 22.6. The van der Waals surface area contributed by atoms with Crippen molar-refractivity contribution < 1.29 is 17.9 Å². The van der Waals surface area contributed by atoms with E-state index in [9.17, 15) is 13.2 Å². The second kappa shape index (κ2) is 9.91. The van der Waals surface area contributed by atoms with Crippen LogP contribution in [0.1, 0.15) is 25.6 Å². The molecule has 0 spiro atoms.